The SMILES string of the molecule is c1ccc(-c2ccc(-c3nc(-c4ccccc4-c4ccccc4)nc(-c4ccccc4-n4c5ccccc5c5ccc6c7ccc8c9ccccc9n(-c9cccc(-c%10ccccc%10)c9)c8c7oc6c54)n3)cc2)cc1. The molecule has 4 heterocycles. The van der Waals surface area contributed by atoms with Gasteiger partial charge in [-0.05, 0) is 81.9 Å². The van der Waals surface area contributed by atoms with Crippen LogP contribution < -0.4 is 0 Å². The van der Waals surface area contributed by atoms with Crippen LogP contribution in [0.25, 0.3) is 144 Å². The molecule has 6 heteroatoms. The highest BCUT2D eigenvalue weighted by molar-refractivity contribution is 6.26. The molecular weight excluding hydrogens is 915 g/mol. The van der Waals surface area contributed by atoms with Crippen LogP contribution in [-0.2, 0) is 0 Å². The van der Waals surface area contributed by atoms with E-state index in [9.17, 15) is 0 Å². The molecule has 0 saturated heterocycles. The van der Waals surface area contributed by atoms with Crippen molar-refractivity contribution < 1.29 is 4.42 Å². The van der Waals surface area contributed by atoms with Gasteiger partial charge in [-0.2, -0.15) is 0 Å². The summed E-state index contributed by atoms with van der Waals surface area (Å²) in [5.41, 5.74) is 17.2. The summed E-state index contributed by atoms with van der Waals surface area (Å²) in [6.07, 6.45) is 0. The lowest BCUT2D eigenvalue weighted by Crippen LogP contribution is -2.04. The predicted molar refractivity (Wildman–Crippen MR) is 308 cm³/mol. The number of fused-ring (bicyclic) bond motifs is 11. The van der Waals surface area contributed by atoms with Gasteiger partial charge in [0.25, 0.3) is 0 Å². The Bertz CT molecular complexity index is 4690. The maximum atomic E-state index is 7.49. The second kappa shape index (κ2) is 17.3. The Hall–Kier alpha value is -10.2. The van der Waals surface area contributed by atoms with E-state index in [0.717, 1.165) is 116 Å². The van der Waals surface area contributed by atoms with Crippen LogP contribution in [0.4, 0.5) is 0 Å². The van der Waals surface area contributed by atoms with Crippen LogP contribution in [0.3, 0.4) is 0 Å². The highest BCUT2D eigenvalue weighted by Crippen LogP contribution is 2.46. The van der Waals surface area contributed by atoms with Crippen molar-refractivity contribution in [1.29, 1.82) is 0 Å². The fourth-order valence-corrected chi connectivity index (χ4v) is 11.4. The van der Waals surface area contributed by atoms with Gasteiger partial charge in [0.05, 0.1) is 27.8 Å². The van der Waals surface area contributed by atoms with Gasteiger partial charge in [-0.3, -0.25) is 0 Å². The molecule has 350 valence electrons. The zero-order valence-electron chi connectivity index (χ0n) is 40.5. The van der Waals surface area contributed by atoms with Crippen LogP contribution in [0.5, 0.6) is 0 Å². The van der Waals surface area contributed by atoms with Crippen LogP contribution in [0.2, 0.25) is 0 Å². The molecule has 0 aliphatic rings. The van der Waals surface area contributed by atoms with Crippen LogP contribution in [0, 0.1) is 0 Å². The fraction of sp³-hybridized carbons (Fsp3) is 0. The van der Waals surface area contributed by atoms with Crippen molar-refractivity contribution in [2.24, 2.45) is 0 Å². The first-order valence-electron chi connectivity index (χ1n) is 25.3. The van der Waals surface area contributed by atoms with E-state index in [1.165, 1.54) is 10.9 Å². The first-order chi connectivity index (χ1) is 37.2. The summed E-state index contributed by atoms with van der Waals surface area (Å²) in [6, 6.07) is 92.0. The van der Waals surface area contributed by atoms with Crippen LogP contribution in [0.15, 0.2) is 265 Å². The number of para-hydroxylation sites is 3. The van der Waals surface area contributed by atoms with Gasteiger partial charge in [0.2, 0.25) is 0 Å². The predicted octanol–water partition coefficient (Wildman–Crippen LogP) is 18.0. The van der Waals surface area contributed by atoms with Crippen molar-refractivity contribution in [2.45, 2.75) is 0 Å². The molecule has 0 aliphatic heterocycles. The summed E-state index contributed by atoms with van der Waals surface area (Å²) in [5, 5.41) is 6.60. The van der Waals surface area contributed by atoms with Gasteiger partial charge >= 0.3 is 0 Å². The van der Waals surface area contributed by atoms with E-state index >= 15 is 0 Å². The Morgan fingerprint density at radius 1 is 0.267 bits per heavy atom. The number of hydrogen-bond donors (Lipinski definition) is 0. The third kappa shape index (κ3) is 6.92. The number of furan rings is 1. The largest absolute Gasteiger partial charge is 0.452 e. The van der Waals surface area contributed by atoms with E-state index in [1.54, 1.807) is 0 Å². The van der Waals surface area contributed by atoms with Crippen molar-refractivity contribution in [3.05, 3.63) is 261 Å². The maximum absolute atomic E-state index is 7.49. The topological polar surface area (TPSA) is 61.7 Å². The standard InChI is InChI=1S/C69H43N5O/c1-4-19-44(20-5-1)46-35-37-48(38-36-46)67-70-68(58-30-11-10-27-51(58)47-23-8-3-9-24-47)72-69(71-67)59-31-14-17-34-62(59)74-61-33-16-13-29-53(61)55-40-42-57-56-41-39-54-52-28-12-15-32-60(52)73(63(54)65(56)75-66(57)64(55)74)50-26-18-25-49(43-50)45-21-6-2-7-22-45/h1-43H. The summed E-state index contributed by atoms with van der Waals surface area (Å²) in [6.45, 7) is 0. The van der Waals surface area contributed by atoms with Gasteiger partial charge in [0.15, 0.2) is 28.6 Å². The van der Waals surface area contributed by atoms with E-state index in [1.807, 2.05) is 12.1 Å². The number of hydrogen-bond acceptors (Lipinski definition) is 4. The zero-order chi connectivity index (χ0) is 49.4. The van der Waals surface area contributed by atoms with Gasteiger partial charge in [0, 0.05) is 54.7 Å². The van der Waals surface area contributed by atoms with Crippen molar-refractivity contribution >= 4 is 65.6 Å². The van der Waals surface area contributed by atoms with E-state index in [2.05, 4.69) is 258 Å². The van der Waals surface area contributed by atoms with Gasteiger partial charge < -0.3 is 13.6 Å². The normalized spacial score (nSPS) is 11.7. The van der Waals surface area contributed by atoms with Gasteiger partial charge in [-0.25, -0.2) is 15.0 Å². The molecular formula is C69H43N5O. The van der Waals surface area contributed by atoms with Crippen LogP contribution >= 0.6 is 0 Å². The molecule has 11 aromatic carbocycles. The van der Waals surface area contributed by atoms with Gasteiger partial charge in [-0.1, -0.05) is 212 Å². The molecule has 0 unspecified atom stereocenters. The minimum atomic E-state index is 0.562. The van der Waals surface area contributed by atoms with Crippen molar-refractivity contribution in [3.8, 4) is 78.9 Å². The lowest BCUT2D eigenvalue weighted by Gasteiger charge is -2.15. The molecule has 75 heavy (non-hydrogen) atoms. The van der Waals surface area contributed by atoms with E-state index in [4.69, 9.17) is 19.4 Å². The van der Waals surface area contributed by atoms with Gasteiger partial charge in [0.1, 0.15) is 0 Å². The Kier molecular flexibility index (Phi) is 9.78. The molecule has 0 aliphatic carbocycles. The fourth-order valence-electron chi connectivity index (χ4n) is 11.4. The third-order valence-corrected chi connectivity index (χ3v) is 14.8. The maximum Gasteiger partial charge on any atom is 0.166 e. The average molecular weight is 958 g/mol. The zero-order valence-corrected chi connectivity index (χ0v) is 40.5. The first-order valence-corrected chi connectivity index (χ1v) is 25.3. The van der Waals surface area contributed by atoms with E-state index in [0.29, 0.717) is 17.5 Å². The Balaban J connectivity index is 0.977. The molecule has 0 bridgehead atoms. The molecule has 4 aromatic heterocycles. The van der Waals surface area contributed by atoms with Crippen molar-refractivity contribution in [1.82, 2.24) is 24.1 Å². The Morgan fingerprint density at radius 2 is 0.707 bits per heavy atom. The second-order valence-corrected chi connectivity index (χ2v) is 19.1. The minimum absolute atomic E-state index is 0.562. The summed E-state index contributed by atoms with van der Waals surface area (Å²) in [5.74, 6) is 1.74. The number of benzene rings is 11. The molecule has 0 atom stereocenters. The molecule has 0 spiro atoms. The number of rotatable bonds is 8. The first kappa shape index (κ1) is 42.5. The van der Waals surface area contributed by atoms with E-state index < -0.39 is 0 Å². The lowest BCUT2D eigenvalue weighted by molar-refractivity contribution is 0.673. The molecule has 0 fully saturated rings. The van der Waals surface area contributed by atoms with E-state index in [-0.39, 0.29) is 0 Å². The van der Waals surface area contributed by atoms with Crippen LogP contribution in [-0.4, -0.2) is 24.1 Å². The minimum Gasteiger partial charge on any atom is -0.452 e. The summed E-state index contributed by atoms with van der Waals surface area (Å²) >= 11 is 0. The number of nitrogens with zero attached hydrogens (tertiary/aromatic N) is 5. The Morgan fingerprint density at radius 3 is 1.36 bits per heavy atom. The quantitative estimate of drug-likeness (QED) is 0.152. The summed E-state index contributed by atoms with van der Waals surface area (Å²) in [4.78, 5) is 16.1. The summed E-state index contributed by atoms with van der Waals surface area (Å²) in [7, 11) is 0. The number of aromatic nitrogens is 5. The Labute approximate surface area is 431 Å². The van der Waals surface area contributed by atoms with Gasteiger partial charge in [-0.15, -0.1) is 0 Å². The highest BCUT2D eigenvalue weighted by Gasteiger charge is 2.25. The molecule has 6 nitrogen and oxygen atoms in total. The molecule has 0 amide bonds. The van der Waals surface area contributed by atoms with Crippen molar-refractivity contribution in [2.75, 3.05) is 0 Å². The third-order valence-electron chi connectivity index (χ3n) is 14.8. The summed E-state index contributed by atoms with van der Waals surface area (Å²) < 4.78 is 12.2. The lowest BCUT2D eigenvalue weighted by atomic mass is 9.99. The monoisotopic (exact) mass is 957 g/mol. The second-order valence-electron chi connectivity index (χ2n) is 19.1. The average Bonchev–Trinajstić information content (AvgIpc) is 4.17. The smallest absolute Gasteiger partial charge is 0.166 e. The molecule has 0 N–H and O–H groups in total. The molecule has 15 aromatic rings. The molecule has 0 radical (unpaired) electrons. The molecule has 15 rings (SSSR count). The van der Waals surface area contributed by atoms with Crippen LogP contribution in [0.1, 0.15) is 0 Å². The molecule has 0 saturated carbocycles. The van der Waals surface area contributed by atoms with Crippen molar-refractivity contribution in [3.63, 3.8) is 0 Å². The highest BCUT2D eigenvalue weighted by atomic mass is 16.3.